The Bertz CT molecular complexity index is 347. The zero-order chi connectivity index (χ0) is 15.9. The fourth-order valence-electron chi connectivity index (χ4n) is 1.54. The van der Waals surface area contributed by atoms with E-state index >= 15 is 0 Å². The minimum absolute atomic E-state index is 0.115. The molecule has 0 aliphatic heterocycles. The van der Waals surface area contributed by atoms with Crippen molar-refractivity contribution < 1.29 is 19.5 Å². The van der Waals surface area contributed by atoms with Gasteiger partial charge in [0.05, 0.1) is 13.0 Å². The van der Waals surface area contributed by atoms with Gasteiger partial charge in [0, 0.05) is 26.2 Å². The van der Waals surface area contributed by atoms with E-state index in [0.29, 0.717) is 6.54 Å². The highest BCUT2D eigenvalue weighted by atomic mass is 16.4. The van der Waals surface area contributed by atoms with E-state index in [9.17, 15) is 14.4 Å². The van der Waals surface area contributed by atoms with E-state index < -0.39 is 11.9 Å². The number of hydrogen-bond acceptors (Lipinski definition) is 5. The molecule has 0 aromatic rings. The van der Waals surface area contributed by atoms with Crippen LogP contribution in [-0.2, 0) is 14.4 Å². The fraction of sp³-hybridized carbons (Fsp3) is 0.692. The number of hydrazone groups is 1. The van der Waals surface area contributed by atoms with E-state index in [0.717, 1.165) is 32.2 Å². The van der Waals surface area contributed by atoms with Gasteiger partial charge in [0.15, 0.2) is 0 Å². The molecule has 0 fully saturated rings. The third kappa shape index (κ3) is 14.1. The molecule has 8 nitrogen and oxygen atoms in total. The molecule has 0 radical (unpaired) electrons. The Kier molecular flexibility index (Phi) is 11.6. The number of unbranched alkanes of at least 4 members (excludes halogenated alkanes) is 3. The van der Waals surface area contributed by atoms with Crippen LogP contribution in [0, 0.1) is 0 Å². The van der Waals surface area contributed by atoms with Crippen LogP contribution in [0.3, 0.4) is 0 Å². The number of amides is 2. The van der Waals surface area contributed by atoms with Crippen molar-refractivity contribution in [2.24, 2.45) is 5.10 Å². The summed E-state index contributed by atoms with van der Waals surface area (Å²) in [4.78, 5) is 32.8. The van der Waals surface area contributed by atoms with E-state index in [1.165, 1.54) is 0 Å². The number of rotatable bonds is 13. The van der Waals surface area contributed by atoms with Crippen molar-refractivity contribution in [2.45, 2.75) is 38.5 Å². The Morgan fingerprint density at radius 1 is 0.905 bits per heavy atom. The van der Waals surface area contributed by atoms with Crippen molar-refractivity contribution in [1.29, 1.82) is 0 Å². The fourth-order valence-corrected chi connectivity index (χ4v) is 1.54. The maximum absolute atomic E-state index is 11.4. The van der Waals surface area contributed by atoms with Crippen LogP contribution in [0.4, 0.5) is 0 Å². The van der Waals surface area contributed by atoms with E-state index in [1.807, 2.05) is 0 Å². The molecule has 0 aromatic carbocycles. The Morgan fingerprint density at radius 2 is 1.57 bits per heavy atom. The highest BCUT2D eigenvalue weighted by Crippen LogP contribution is 1.97. The predicted octanol–water partition coefficient (Wildman–Crippen LogP) is -0.151. The Balaban J connectivity index is 3.40. The van der Waals surface area contributed by atoms with Gasteiger partial charge in [-0.1, -0.05) is 12.8 Å². The minimum Gasteiger partial charge on any atom is -0.481 e. The third-order valence-corrected chi connectivity index (χ3v) is 2.66. The molecule has 4 N–H and O–H groups in total. The van der Waals surface area contributed by atoms with Gasteiger partial charge in [-0.3, -0.25) is 14.4 Å². The van der Waals surface area contributed by atoms with Gasteiger partial charge in [0.1, 0.15) is 0 Å². The number of carboxylic acid groups (broad SMARTS) is 1. The summed E-state index contributed by atoms with van der Waals surface area (Å²) in [5.41, 5.74) is 2.77. The summed E-state index contributed by atoms with van der Waals surface area (Å²) >= 11 is 0. The maximum atomic E-state index is 11.4. The first-order valence-corrected chi connectivity index (χ1v) is 7.00. The molecule has 21 heavy (non-hydrogen) atoms. The van der Waals surface area contributed by atoms with Crippen molar-refractivity contribution in [3.63, 3.8) is 0 Å². The molecule has 0 spiro atoms. The molecule has 0 aromatic heterocycles. The predicted molar refractivity (Wildman–Crippen MR) is 78.9 cm³/mol. The van der Waals surface area contributed by atoms with Gasteiger partial charge in [-0.05, 0) is 12.8 Å². The lowest BCUT2D eigenvalue weighted by molar-refractivity contribution is -0.138. The van der Waals surface area contributed by atoms with E-state index in [4.69, 9.17) is 5.11 Å². The summed E-state index contributed by atoms with van der Waals surface area (Å²) < 4.78 is 0. The molecular weight excluding hydrogens is 276 g/mol. The van der Waals surface area contributed by atoms with Crippen LogP contribution in [0.2, 0.25) is 0 Å². The van der Waals surface area contributed by atoms with Crippen molar-refractivity contribution >= 4 is 24.5 Å². The molecule has 2 amide bonds. The normalized spacial score (nSPS) is 9.71. The number of carbonyl (C=O) groups excluding carboxylic acids is 2. The SMILES string of the molecule is C=NNCCCCCCNC(=O)CNC(=O)CCC(=O)O. The van der Waals surface area contributed by atoms with Crippen LogP contribution in [0.5, 0.6) is 0 Å². The van der Waals surface area contributed by atoms with Gasteiger partial charge < -0.3 is 21.2 Å². The molecule has 0 saturated carbocycles. The second-order valence-corrected chi connectivity index (χ2v) is 4.50. The number of carbonyl (C=O) groups is 3. The van der Waals surface area contributed by atoms with Crippen LogP contribution in [0.15, 0.2) is 5.10 Å². The average Bonchev–Trinajstić information content (AvgIpc) is 2.45. The second-order valence-electron chi connectivity index (χ2n) is 4.50. The summed E-state index contributed by atoms with van der Waals surface area (Å²) in [7, 11) is 0. The molecule has 0 rings (SSSR count). The summed E-state index contributed by atoms with van der Waals surface area (Å²) in [6.45, 7) is 4.56. The summed E-state index contributed by atoms with van der Waals surface area (Å²) in [5.74, 6) is -1.74. The topological polar surface area (TPSA) is 120 Å². The van der Waals surface area contributed by atoms with Crippen LogP contribution >= 0.6 is 0 Å². The standard InChI is InChI=1S/C13H24N4O4/c1-14-17-9-5-3-2-4-8-15-12(19)10-16-11(18)6-7-13(20)21/h17H,1-10H2,(H,15,19)(H,16,18)(H,20,21). The number of hydrogen-bond donors (Lipinski definition) is 4. The van der Waals surface area contributed by atoms with Crippen molar-refractivity contribution in [1.82, 2.24) is 16.1 Å². The Labute approximate surface area is 124 Å². The van der Waals surface area contributed by atoms with Gasteiger partial charge >= 0.3 is 5.97 Å². The van der Waals surface area contributed by atoms with Gasteiger partial charge in [-0.2, -0.15) is 5.10 Å². The smallest absolute Gasteiger partial charge is 0.303 e. The minimum atomic E-state index is -1.03. The molecule has 0 saturated heterocycles. The quantitative estimate of drug-likeness (QED) is 0.214. The number of nitrogens with one attached hydrogen (secondary N) is 3. The summed E-state index contributed by atoms with van der Waals surface area (Å²) in [6, 6.07) is 0. The molecule has 0 aliphatic rings. The van der Waals surface area contributed by atoms with Crippen molar-refractivity contribution in [3.8, 4) is 0 Å². The van der Waals surface area contributed by atoms with Crippen LogP contribution in [-0.4, -0.2) is 49.2 Å². The first kappa shape index (κ1) is 18.9. The Morgan fingerprint density at radius 3 is 2.19 bits per heavy atom. The van der Waals surface area contributed by atoms with Crippen molar-refractivity contribution in [3.05, 3.63) is 0 Å². The molecular formula is C13H24N4O4. The number of aliphatic carboxylic acids is 1. The lowest BCUT2D eigenvalue weighted by Crippen LogP contribution is -2.37. The zero-order valence-electron chi connectivity index (χ0n) is 12.2. The van der Waals surface area contributed by atoms with E-state index in [1.54, 1.807) is 0 Å². The summed E-state index contributed by atoms with van der Waals surface area (Å²) in [5, 5.41) is 17.0. The number of nitrogens with zero attached hydrogens (tertiary/aromatic N) is 1. The monoisotopic (exact) mass is 300 g/mol. The van der Waals surface area contributed by atoms with Crippen LogP contribution in [0.25, 0.3) is 0 Å². The lowest BCUT2D eigenvalue weighted by atomic mass is 10.2. The van der Waals surface area contributed by atoms with Crippen molar-refractivity contribution in [2.75, 3.05) is 19.6 Å². The molecule has 120 valence electrons. The first-order valence-electron chi connectivity index (χ1n) is 7.00. The van der Waals surface area contributed by atoms with E-state index in [-0.39, 0.29) is 25.3 Å². The van der Waals surface area contributed by atoms with Gasteiger partial charge in [0.2, 0.25) is 11.8 Å². The van der Waals surface area contributed by atoms with Gasteiger partial charge in [-0.25, -0.2) is 0 Å². The zero-order valence-corrected chi connectivity index (χ0v) is 12.2. The highest BCUT2D eigenvalue weighted by molar-refractivity contribution is 5.86. The average molecular weight is 300 g/mol. The highest BCUT2D eigenvalue weighted by Gasteiger charge is 2.07. The maximum Gasteiger partial charge on any atom is 0.303 e. The third-order valence-electron chi connectivity index (χ3n) is 2.66. The van der Waals surface area contributed by atoms with Gasteiger partial charge in [0.25, 0.3) is 0 Å². The second kappa shape index (κ2) is 12.9. The first-order chi connectivity index (χ1) is 10.1. The van der Waals surface area contributed by atoms with Crippen LogP contribution in [0.1, 0.15) is 38.5 Å². The molecule has 0 bridgehead atoms. The molecule has 0 heterocycles. The lowest BCUT2D eigenvalue weighted by Gasteiger charge is -2.06. The Hall–Kier alpha value is -2.12. The molecule has 0 aliphatic carbocycles. The van der Waals surface area contributed by atoms with Gasteiger partial charge in [-0.15, -0.1) is 0 Å². The largest absolute Gasteiger partial charge is 0.481 e. The van der Waals surface area contributed by atoms with E-state index in [2.05, 4.69) is 27.9 Å². The molecule has 0 unspecified atom stereocenters. The molecule has 0 atom stereocenters. The van der Waals surface area contributed by atoms with Crippen LogP contribution < -0.4 is 16.1 Å². The number of carboxylic acids is 1. The summed E-state index contributed by atoms with van der Waals surface area (Å²) in [6.07, 6.45) is 3.58. The molecule has 8 heteroatoms.